The Bertz CT molecular complexity index is 1230. The lowest BCUT2D eigenvalue weighted by atomic mass is 10.0. The summed E-state index contributed by atoms with van der Waals surface area (Å²) < 4.78 is 10.9. The average molecular weight is 396 g/mol. The van der Waals surface area contributed by atoms with Crippen molar-refractivity contribution < 1.29 is 9.47 Å². The molecule has 0 aliphatic carbocycles. The smallest absolute Gasteiger partial charge is 0.231 e. The second-order valence-electron chi connectivity index (χ2n) is 7.85. The summed E-state index contributed by atoms with van der Waals surface area (Å²) in [4.78, 5) is 5.04. The first-order valence-corrected chi connectivity index (χ1v) is 10.2. The van der Waals surface area contributed by atoms with Crippen molar-refractivity contribution in [2.75, 3.05) is 6.79 Å². The van der Waals surface area contributed by atoms with Crippen molar-refractivity contribution >= 4 is 10.9 Å². The lowest BCUT2D eigenvalue weighted by Crippen LogP contribution is -2.14. The van der Waals surface area contributed by atoms with Gasteiger partial charge in [-0.2, -0.15) is 0 Å². The molecule has 5 rings (SSSR count). The summed E-state index contributed by atoms with van der Waals surface area (Å²) in [6.07, 6.45) is 0. The minimum atomic E-state index is 0.300. The van der Waals surface area contributed by atoms with E-state index in [2.05, 4.69) is 73.8 Å². The maximum Gasteiger partial charge on any atom is 0.231 e. The predicted octanol–water partition coefficient (Wildman–Crippen LogP) is 5.54. The maximum absolute atomic E-state index is 5.49. The van der Waals surface area contributed by atoms with E-state index in [1.54, 1.807) is 0 Å². The quantitative estimate of drug-likeness (QED) is 0.481. The number of fused-ring (bicyclic) bond motifs is 2. The molecule has 4 aromatic rings. The van der Waals surface area contributed by atoms with Crippen LogP contribution in [-0.4, -0.2) is 11.8 Å². The summed E-state index contributed by atoms with van der Waals surface area (Å²) in [6.45, 7) is 6.00. The van der Waals surface area contributed by atoms with E-state index in [1.807, 2.05) is 12.1 Å². The van der Waals surface area contributed by atoms with Gasteiger partial charge in [-0.05, 0) is 60.9 Å². The molecule has 0 atom stereocenters. The van der Waals surface area contributed by atoms with Crippen LogP contribution in [-0.2, 0) is 13.1 Å². The molecular formula is C26H24N2O2. The molecule has 0 spiro atoms. The fourth-order valence-corrected chi connectivity index (χ4v) is 3.89. The molecule has 0 saturated carbocycles. The zero-order valence-electron chi connectivity index (χ0n) is 17.2. The van der Waals surface area contributed by atoms with Gasteiger partial charge in [-0.1, -0.05) is 42.0 Å². The van der Waals surface area contributed by atoms with Crippen LogP contribution < -0.4 is 14.8 Å². The molecule has 2 heterocycles. The molecular weight excluding hydrogens is 372 g/mol. The third-order valence-corrected chi connectivity index (χ3v) is 5.43. The summed E-state index contributed by atoms with van der Waals surface area (Å²) in [5, 5.41) is 4.74. The van der Waals surface area contributed by atoms with E-state index >= 15 is 0 Å². The van der Waals surface area contributed by atoms with Gasteiger partial charge in [-0.25, -0.2) is 4.98 Å². The molecule has 0 radical (unpaired) electrons. The molecule has 0 bridgehead atoms. The topological polar surface area (TPSA) is 43.4 Å². The van der Waals surface area contributed by atoms with Crippen molar-refractivity contribution in [3.05, 3.63) is 89.0 Å². The zero-order chi connectivity index (χ0) is 20.5. The molecule has 1 aliphatic heterocycles. The van der Waals surface area contributed by atoms with Gasteiger partial charge in [-0.15, -0.1) is 0 Å². The number of hydrogen-bond acceptors (Lipinski definition) is 4. The highest BCUT2D eigenvalue weighted by atomic mass is 16.7. The van der Waals surface area contributed by atoms with E-state index < -0.39 is 0 Å². The zero-order valence-corrected chi connectivity index (χ0v) is 17.2. The van der Waals surface area contributed by atoms with E-state index in [4.69, 9.17) is 14.5 Å². The van der Waals surface area contributed by atoms with E-state index in [-0.39, 0.29) is 0 Å². The molecule has 0 unspecified atom stereocenters. The van der Waals surface area contributed by atoms with Gasteiger partial charge in [0.1, 0.15) is 0 Å². The minimum Gasteiger partial charge on any atom is -0.454 e. The molecule has 4 nitrogen and oxygen atoms in total. The molecule has 1 aliphatic rings. The summed E-state index contributed by atoms with van der Waals surface area (Å²) in [6, 6.07) is 23.3. The number of benzene rings is 3. The number of pyridine rings is 1. The highest BCUT2D eigenvalue weighted by Gasteiger charge is 2.14. The van der Waals surface area contributed by atoms with Crippen molar-refractivity contribution in [3.63, 3.8) is 0 Å². The molecule has 0 saturated heterocycles. The van der Waals surface area contributed by atoms with Crippen molar-refractivity contribution in [2.24, 2.45) is 0 Å². The summed E-state index contributed by atoms with van der Waals surface area (Å²) in [7, 11) is 0. The van der Waals surface area contributed by atoms with Crippen LogP contribution in [0.25, 0.3) is 22.2 Å². The van der Waals surface area contributed by atoms with Crippen molar-refractivity contribution in [3.8, 4) is 22.8 Å². The van der Waals surface area contributed by atoms with Crippen molar-refractivity contribution in [2.45, 2.75) is 26.9 Å². The van der Waals surface area contributed by atoms with Gasteiger partial charge in [0.25, 0.3) is 0 Å². The van der Waals surface area contributed by atoms with Crippen LogP contribution in [0, 0.1) is 13.8 Å². The van der Waals surface area contributed by atoms with Crippen LogP contribution in [0.2, 0.25) is 0 Å². The molecule has 3 aromatic carbocycles. The van der Waals surface area contributed by atoms with E-state index in [0.717, 1.165) is 46.7 Å². The standard InChI is InChI=1S/C26H24N2O2/c1-17-4-3-5-21(10-17)26-22(13-20-8-6-18(2)11-23(20)28-26)15-27-14-19-7-9-24-25(12-19)30-16-29-24/h3-13,27H,14-16H2,1-2H3. The Kier molecular flexibility index (Phi) is 4.85. The monoisotopic (exact) mass is 396 g/mol. The molecule has 1 N–H and O–H groups in total. The maximum atomic E-state index is 5.49. The van der Waals surface area contributed by atoms with Crippen LogP contribution in [0.3, 0.4) is 0 Å². The molecule has 0 amide bonds. The number of aromatic nitrogens is 1. The first-order chi connectivity index (χ1) is 14.7. The fraction of sp³-hybridized carbons (Fsp3) is 0.192. The van der Waals surface area contributed by atoms with Gasteiger partial charge in [0.15, 0.2) is 11.5 Å². The molecule has 1 aromatic heterocycles. The van der Waals surface area contributed by atoms with Gasteiger partial charge in [-0.3, -0.25) is 0 Å². The number of nitrogens with zero attached hydrogens (tertiary/aromatic N) is 1. The Morgan fingerprint density at radius 3 is 2.60 bits per heavy atom. The lowest BCUT2D eigenvalue weighted by molar-refractivity contribution is 0.174. The summed E-state index contributed by atoms with van der Waals surface area (Å²) >= 11 is 0. The first kappa shape index (κ1) is 18.6. The Hall–Kier alpha value is -3.37. The predicted molar refractivity (Wildman–Crippen MR) is 120 cm³/mol. The highest BCUT2D eigenvalue weighted by Crippen LogP contribution is 2.32. The van der Waals surface area contributed by atoms with Gasteiger partial charge in [0.05, 0.1) is 11.2 Å². The second-order valence-corrected chi connectivity index (χ2v) is 7.85. The van der Waals surface area contributed by atoms with Gasteiger partial charge >= 0.3 is 0 Å². The minimum absolute atomic E-state index is 0.300. The lowest BCUT2D eigenvalue weighted by Gasteiger charge is -2.13. The van der Waals surface area contributed by atoms with Crippen molar-refractivity contribution in [1.29, 1.82) is 0 Å². The molecule has 0 fully saturated rings. The molecule has 150 valence electrons. The Balaban J connectivity index is 1.44. The van der Waals surface area contributed by atoms with E-state index in [0.29, 0.717) is 6.79 Å². The van der Waals surface area contributed by atoms with Crippen LogP contribution in [0.1, 0.15) is 22.3 Å². The Morgan fingerprint density at radius 1 is 0.833 bits per heavy atom. The number of nitrogens with one attached hydrogen (secondary N) is 1. The van der Waals surface area contributed by atoms with Gasteiger partial charge in [0, 0.05) is 24.0 Å². The van der Waals surface area contributed by atoms with E-state index in [1.165, 1.54) is 22.3 Å². The summed E-state index contributed by atoms with van der Waals surface area (Å²) in [5.41, 5.74) is 8.04. The first-order valence-electron chi connectivity index (χ1n) is 10.2. The number of aryl methyl sites for hydroxylation is 2. The molecule has 4 heteroatoms. The normalized spacial score (nSPS) is 12.5. The fourth-order valence-electron chi connectivity index (χ4n) is 3.89. The van der Waals surface area contributed by atoms with Gasteiger partial charge in [0.2, 0.25) is 6.79 Å². The van der Waals surface area contributed by atoms with Crippen LogP contribution >= 0.6 is 0 Å². The number of hydrogen-bond donors (Lipinski definition) is 1. The number of ether oxygens (including phenoxy) is 2. The highest BCUT2D eigenvalue weighted by molar-refractivity contribution is 5.84. The Labute approximate surface area is 176 Å². The van der Waals surface area contributed by atoms with E-state index in [9.17, 15) is 0 Å². The SMILES string of the molecule is Cc1cccc(-c2nc3cc(C)ccc3cc2CNCc2ccc3c(c2)OCO3)c1. The van der Waals surface area contributed by atoms with Crippen LogP contribution in [0.4, 0.5) is 0 Å². The number of rotatable bonds is 5. The third-order valence-electron chi connectivity index (χ3n) is 5.43. The average Bonchev–Trinajstić information content (AvgIpc) is 3.21. The van der Waals surface area contributed by atoms with Crippen LogP contribution in [0.5, 0.6) is 11.5 Å². The van der Waals surface area contributed by atoms with Gasteiger partial charge < -0.3 is 14.8 Å². The largest absolute Gasteiger partial charge is 0.454 e. The van der Waals surface area contributed by atoms with Crippen molar-refractivity contribution in [1.82, 2.24) is 10.3 Å². The van der Waals surface area contributed by atoms with Crippen LogP contribution in [0.15, 0.2) is 66.7 Å². The Morgan fingerprint density at radius 2 is 1.70 bits per heavy atom. The molecule has 30 heavy (non-hydrogen) atoms. The second kappa shape index (κ2) is 7.81. The third kappa shape index (κ3) is 3.74. The summed E-state index contributed by atoms with van der Waals surface area (Å²) in [5.74, 6) is 1.63.